The predicted octanol–water partition coefficient (Wildman–Crippen LogP) is -1.93. The Morgan fingerprint density at radius 2 is 1.04 bits per heavy atom. The Morgan fingerprint density at radius 1 is 0.704 bits per heavy atom. The van der Waals surface area contributed by atoms with Crippen LogP contribution < -0.4 is 4.74 Å². The minimum absolute atomic E-state index is 0. The molecule has 0 saturated carbocycles. The third kappa shape index (κ3) is 46.0. The molecule has 0 amide bonds. The summed E-state index contributed by atoms with van der Waals surface area (Å²) in [5.41, 5.74) is 1.17. The Hall–Kier alpha value is -0.565. The van der Waals surface area contributed by atoms with E-state index < -0.39 is 31.2 Å². The van der Waals surface area contributed by atoms with Crippen molar-refractivity contribution in [2.75, 3.05) is 6.61 Å². The van der Waals surface area contributed by atoms with Crippen LogP contribution >= 0.6 is 0 Å². The Bertz CT molecular complexity index is 767. The third-order valence-corrected chi connectivity index (χ3v) is 1.55. The molecule has 27 heavy (non-hydrogen) atoms. The average Bonchev–Trinajstić information content (AvgIpc) is 2.33. The van der Waals surface area contributed by atoms with Crippen molar-refractivity contribution in [3.63, 3.8) is 0 Å². The van der Waals surface area contributed by atoms with E-state index in [0.29, 0.717) is 6.61 Å². The van der Waals surface area contributed by atoms with E-state index in [1.54, 1.807) is 0 Å². The van der Waals surface area contributed by atoms with E-state index >= 15 is 0 Å². The first kappa shape index (κ1) is 34.0. The van der Waals surface area contributed by atoms with Gasteiger partial charge in [-0.15, -0.1) is 0 Å². The van der Waals surface area contributed by atoms with Crippen molar-refractivity contribution in [2.45, 2.75) is 0 Å². The fourth-order valence-corrected chi connectivity index (χ4v) is 1.06. The van der Waals surface area contributed by atoms with Crippen LogP contribution in [0.25, 0.3) is 6.08 Å². The predicted molar refractivity (Wildman–Crippen MR) is 72.4 cm³/mol. The van der Waals surface area contributed by atoms with Crippen molar-refractivity contribution in [2.24, 2.45) is 0 Å². The van der Waals surface area contributed by atoms with Gasteiger partial charge in [0.15, 0.2) is 0 Å². The van der Waals surface area contributed by atoms with Gasteiger partial charge in [-0.25, -0.2) is 0 Å². The number of para-hydroxylation sites is 1. The SMILES string of the molecule is C1=Cc2ccccc2OC1.O=S(=O)([O-])[O-].O=S(=O)([O-])[O-].O=S(=O)([O-])[O-].[Cr+3].[Cr+3]. The van der Waals surface area contributed by atoms with Gasteiger partial charge in [0.05, 0.1) is 0 Å². The Kier molecular flexibility index (Phi) is 19.3. The van der Waals surface area contributed by atoms with Crippen molar-refractivity contribution in [1.29, 1.82) is 0 Å². The molecule has 152 valence electrons. The molecule has 0 saturated heterocycles. The van der Waals surface area contributed by atoms with Crippen molar-refractivity contribution in [1.82, 2.24) is 0 Å². The van der Waals surface area contributed by atoms with Crippen molar-refractivity contribution < 1.29 is 92.0 Å². The summed E-state index contributed by atoms with van der Waals surface area (Å²) >= 11 is 0. The van der Waals surface area contributed by atoms with Gasteiger partial charge in [-0.05, 0) is 12.1 Å². The summed E-state index contributed by atoms with van der Waals surface area (Å²) in [6.07, 6.45) is 4.10. The van der Waals surface area contributed by atoms with Gasteiger partial charge in [0.25, 0.3) is 0 Å². The van der Waals surface area contributed by atoms with Crippen LogP contribution in [0.3, 0.4) is 0 Å². The maximum Gasteiger partial charge on any atom is 3.00 e. The van der Waals surface area contributed by atoms with Gasteiger partial charge in [-0.1, -0.05) is 24.3 Å². The largest absolute Gasteiger partial charge is 3.00 e. The van der Waals surface area contributed by atoms with Gasteiger partial charge in [0.2, 0.25) is 0 Å². The van der Waals surface area contributed by atoms with E-state index in [9.17, 15) is 0 Å². The number of hydrogen-bond acceptors (Lipinski definition) is 13. The molecule has 1 aromatic rings. The van der Waals surface area contributed by atoms with Gasteiger partial charge in [0.1, 0.15) is 12.4 Å². The van der Waals surface area contributed by atoms with E-state index in [1.165, 1.54) is 5.56 Å². The Morgan fingerprint density at radius 3 is 1.37 bits per heavy atom. The smallest absolute Gasteiger partial charge is 0.759 e. The van der Waals surface area contributed by atoms with Gasteiger partial charge in [-0.2, -0.15) is 0 Å². The second-order valence-electron chi connectivity index (χ2n) is 3.48. The van der Waals surface area contributed by atoms with Crippen LogP contribution in [-0.2, 0) is 65.9 Å². The standard InChI is InChI=1S/C9H8O.2Cr.3H2O4S/c1-2-6-9-8(4-1)5-3-7-10-9;;;3*1-5(2,3)4/h1-6H,7H2;;;3*(H2,1,2,3,4)/q;2*+3;;;/p-6. The third-order valence-electron chi connectivity index (χ3n) is 1.55. The molecule has 0 bridgehead atoms. The zero-order chi connectivity index (χ0) is 20.3. The first-order chi connectivity index (χ1) is 11.0. The topological polar surface area (TPSA) is 250 Å². The van der Waals surface area contributed by atoms with Gasteiger partial charge < -0.3 is 32.1 Å². The first-order valence-electron chi connectivity index (χ1n) is 5.35. The van der Waals surface area contributed by atoms with E-state index in [0.717, 1.165) is 5.75 Å². The maximum atomic E-state index is 8.52. The summed E-state index contributed by atoms with van der Waals surface area (Å²) in [4.78, 5) is 0. The molecular formula is C9H8Cr2O13S3. The van der Waals surface area contributed by atoms with Crippen LogP contribution in [-0.4, -0.2) is 59.2 Å². The molecule has 0 N–H and O–H groups in total. The summed E-state index contributed by atoms with van der Waals surface area (Å²) in [6.45, 7) is 0.705. The Labute approximate surface area is 177 Å². The van der Waals surface area contributed by atoms with Crippen molar-refractivity contribution in [3.05, 3.63) is 35.9 Å². The molecule has 1 aromatic carbocycles. The number of ether oxygens (including phenoxy) is 1. The number of fused-ring (bicyclic) bond motifs is 1. The fourth-order valence-electron chi connectivity index (χ4n) is 1.06. The molecular weight excluding hydrogens is 516 g/mol. The van der Waals surface area contributed by atoms with Crippen LogP contribution in [0.2, 0.25) is 0 Å². The van der Waals surface area contributed by atoms with Gasteiger partial charge in [0, 0.05) is 36.8 Å². The quantitative estimate of drug-likeness (QED) is 0.265. The van der Waals surface area contributed by atoms with E-state index in [-0.39, 0.29) is 34.7 Å². The van der Waals surface area contributed by atoms with Crippen molar-refractivity contribution >= 4 is 37.3 Å². The van der Waals surface area contributed by atoms with Crippen LogP contribution in [0.4, 0.5) is 0 Å². The van der Waals surface area contributed by atoms with Gasteiger partial charge >= 0.3 is 34.7 Å². The number of rotatable bonds is 0. The van der Waals surface area contributed by atoms with E-state index in [2.05, 4.69) is 6.08 Å². The molecule has 2 radical (unpaired) electrons. The maximum absolute atomic E-state index is 8.52. The first-order valence-corrected chi connectivity index (χ1v) is 9.35. The van der Waals surface area contributed by atoms with Gasteiger partial charge in [-0.3, -0.25) is 25.3 Å². The summed E-state index contributed by atoms with van der Waals surface area (Å²) in [5.74, 6) is 0.991. The second-order valence-corrected chi connectivity index (χ2v) is 5.93. The van der Waals surface area contributed by atoms with E-state index in [1.807, 2.05) is 30.3 Å². The summed E-state index contributed by atoms with van der Waals surface area (Å²) in [6, 6.07) is 8.03. The molecule has 2 rings (SSSR count). The summed E-state index contributed by atoms with van der Waals surface area (Å²) in [7, 11) is -15.5. The molecule has 1 aliphatic heterocycles. The molecule has 0 aromatic heterocycles. The average molecular weight is 524 g/mol. The molecule has 13 nitrogen and oxygen atoms in total. The number of benzene rings is 1. The monoisotopic (exact) mass is 524 g/mol. The van der Waals surface area contributed by atoms with Crippen LogP contribution in [0.15, 0.2) is 30.3 Å². The molecule has 0 atom stereocenters. The minimum Gasteiger partial charge on any atom is -0.759 e. The molecule has 0 unspecified atom stereocenters. The molecule has 0 spiro atoms. The molecule has 1 heterocycles. The molecule has 0 fully saturated rings. The normalized spacial score (nSPS) is 11.6. The van der Waals surface area contributed by atoms with E-state index in [4.69, 9.17) is 57.3 Å². The Balaban J connectivity index is -0.000000137. The number of hydrogen-bond donors (Lipinski definition) is 0. The molecule has 0 aliphatic carbocycles. The molecule has 18 heteroatoms. The summed E-state index contributed by atoms with van der Waals surface area (Å²) < 4.78 is 108. The summed E-state index contributed by atoms with van der Waals surface area (Å²) in [5, 5.41) is 0. The van der Waals surface area contributed by atoms with Crippen LogP contribution in [0.5, 0.6) is 5.75 Å². The second kappa shape index (κ2) is 15.4. The zero-order valence-electron chi connectivity index (χ0n) is 12.5. The van der Waals surface area contributed by atoms with Crippen molar-refractivity contribution in [3.8, 4) is 5.75 Å². The molecule has 1 aliphatic rings. The fraction of sp³-hybridized carbons (Fsp3) is 0.111. The van der Waals surface area contributed by atoms with Crippen LogP contribution in [0, 0.1) is 0 Å². The minimum atomic E-state index is -5.17. The van der Waals surface area contributed by atoms with Crippen LogP contribution in [0.1, 0.15) is 5.56 Å². The zero-order valence-corrected chi connectivity index (χ0v) is 17.5.